The van der Waals surface area contributed by atoms with E-state index < -0.39 is 30.4 Å². The summed E-state index contributed by atoms with van der Waals surface area (Å²) in [6.45, 7) is 1.73. The van der Waals surface area contributed by atoms with Crippen LogP contribution in [-0.4, -0.2) is 37.3 Å². The summed E-state index contributed by atoms with van der Waals surface area (Å²) in [4.78, 5) is 1.58. The molecule has 130 valence electrons. The van der Waals surface area contributed by atoms with Crippen molar-refractivity contribution in [3.8, 4) is 0 Å². The number of rotatable bonds is 3. The van der Waals surface area contributed by atoms with Crippen molar-refractivity contribution in [2.45, 2.75) is 24.8 Å². The van der Waals surface area contributed by atoms with Crippen molar-refractivity contribution in [2.24, 2.45) is 0 Å². The number of nitrogens with one attached hydrogen (secondary N) is 1. The molecular formula is C14H15BrF6N2. The van der Waals surface area contributed by atoms with E-state index in [1.54, 1.807) is 4.90 Å². The average molecular weight is 405 g/mol. The van der Waals surface area contributed by atoms with Gasteiger partial charge in [0.2, 0.25) is 0 Å². The molecule has 9 heteroatoms. The van der Waals surface area contributed by atoms with Gasteiger partial charge < -0.3 is 5.32 Å². The van der Waals surface area contributed by atoms with Crippen LogP contribution in [0, 0.1) is 0 Å². The third-order valence-electron chi connectivity index (χ3n) is 3.65. The van der Waals surface area contributed by atoms with Crippen molar-refractivity contribution in [3.63, 3.8) is 0 Å². The van der Waals surface area contributed by atoms with Gasteiger partial charge in [-0.15, -0.1) is 0 Å². The van der Waals surface area contributed by atoms with E-state index in [1.807, 2.05) is 0 Å². The highest BCUT2D eigenvalue weighted by Crippen LogP contribution is 2.38. The van der Waals surface area contributed by atoms with Gasteiger partial charge in [-0.1, -0.05) is 15.9 Å². The monoisotopic (exact) mass is 404 g/mol. The van der Waals surface area contributed by atoms with Crippen molar-refractivity contribution in [1.29, 1.82) is 0 Å². The van der Waals surface area contributed by atoms with Gasteiger partial charge in [0.05, 0.1) is 12.0 Å². The van der Waals surface area contributed by atoms with Gasteiger partial charge in [-0.2, -0.15) is 26.3 Å². The molecule has 1 atom stereocenters. The lowest BCUT2D eigenvalue weighted by molar-refractivity contribution is -0.148. The number of hydrogen-bond donors (Lipinski definition) is 1. The fourth-order valence-corrected chi connectivity index (χ4v) is 3.15. The number of hydrogen-bond acceptors (Lipinski definition) is 2. The largest absolute Gasteiger partial charge is 0.416 e. The van der Waals surface area contributed by atoms with Gasteiger partial charge in [-0.25, -0.2) is 0 Å². The molecule has 23 heavy (non-hydrogen) atoms. The summed E-state index contributed by atoms with van der Waals surface area (Å²) >= 11 is 2.97. The molecule has 0 saturated carbocycles. The zero-order valence-corrected chi connectivity index (χ0v) is 13.5. The average Bonchev–Trinajstić information content (AvgIpc) is 2.43. The molecule has 1 fully saturated rings. The summed E-state index contributed by atoms with van der Waals surface area (Å²) in [7, 11) is 0. The minimum absolute atomic E-state index is 0.0194. The Hall–Kier alpha value is -0.800. The van der Waals surface area contributed by atoms with Crippen LogP contribution in [0.25, 0.3) is 0 Å². The number of halogens is 7. The lowest BCUT2D eigenvalue weighted by Gasteiger charge is -2.36. The summed E-state index contributed by atoms with van der Waals surface area (Å²) in [6.07, 6.45) is -10.2. The minimum atomic E-state index is -4.61. The Bertz CT molecular complexity index is 537. The maximum absolute atomic E-state index is 12.9. The molecule has 0 aromatic heterocycles. The third kappa shape index (κ3) is 5.36. The molecule has 1 aliphatic rings. The molecule has 0 radical (unpaired) electrons. The second-order valence-electron chi connectivity index (χ2n) is 5.39. The van der Waals surface area contributed by atoms with E-state index in [4.69, 9.17) is 0 Å². The third-order valence-corrected chi connectivity index (χ3v) is 4.11. The van der Waals surface area contributed by atoms with E-state index in [0.29, 0.717) is 26.2 Å². The summed E-state index contributed by atoms with van der Waals surface area (Å²) in [5.74, 6) is 0. The van der Waals surface area contributed by atoms with Crippen LogP contribution in [0.4, 0.5) is 26.3 Å². The van der Waals surface area contributed by atoms with E-state index >= 15 is 0 Å². The first-order chi connectivity index (χ1) is 10.6. The second kappa shape index (κ2) is 6.98. The highest BCUT2D eigenvalue weighted by Gasteiger charge is 2.38. The zero-order valence-electron chi connectivity index (χ0n) is 11.9. The number of alkyl halides is 6. The van der Waals surface area contributed by atoms with E-state index in [-0.39, 0.29) is 10.0 Å². The molecule has 0 spiro atoms. The Morgan fingerprint density at radius 2 is 1.65 bits per heavy atom. The smallest absolute Gasteiger partial charge is 0.314 e. The van der Waals surface area contributed by atoms with Crippen molar-refractivity contribution >= 4 is 15.9 Å². The fraction of sp³-hybridized carbons (Fsp3) is 0.571. The van der Waals surface area contributed by atoms with Crippen LogP contribution in [0.2, 0.25) is 0 Å². The van der Waals surface area contributed by atoms with Crippen LogP contribution in [0.1, 0.15) is 23.6 Å². The SMILES string of the molecule is FC(F)(F)C[C@H](c1cc(Br)cc(C(F)(F)F)c1)N1CCNCC1. The molecule has 1 saturated heterocycles. The summed E-state index contributed by atoms with van der Waals surface area (Å²) in [5, 5.41) is 3.02. The molecule has 0 amide bonds. The molecule has 1 aliphatic heterocycles. The van der Waals surface area contributed by atoms with Gasteiger partial charge in [0.1, 0.15) is 0 Å². The molecule has 1 N–H and O–H groups in total. The maximum atomic E-state index is 12.9. The molecule has 1 aromatic carbocycles. The molecule has 1 heterocycles. The van der Waals surface area contributed by atoms with Gasteiger partial charge >= 0.3 is 12.4 Å². The zero-order chi connectivity index (χ0) is 17.3. The predicted octanol–water partition coefficient (Wildman–Crippen LogP) is 4.37. The van der Waals surface area contributed by atoms with Crippen LogP contribution in [0.5, 0.6) is 0 Å². The lowest BCUT2D eigenvalue weighted by Crippen LogP contribution is -2.46. The summed E-state index contributed by atoms with van der Waals surface area (Å²) < 4.78 is 77.6. The molecule has 2 nitrogen and oxygen atoms in total. The number of benzene rings is 1. The van der Waals surface area contributed by atoms with E-state index in [9.17, 15) is 26.3 Å². The Labute approximate surface area is 138 Å². The summed E-state index contributed by atoms with van der Waals surface area (Å²) in [5.41, 5.74) is -0.935. The first-order valence-corrected chi connectivity index (χ1v) is 7.75. The van der Waals surface area contributed by atoms with Crippen LogP contribution >= 0.6 is 15.9 Å². The molecule has 0 bridgehead atoms. The Balaban J connectivity index is 2.39. The Morgan fingerprint density at radius 1 is 1.04 bits per heavy atom. The van der Waals surface area contributed by atoms with Crippen LogP contribution in [0.15, 0.2) is 22.7 Å². The minimum Gasteiger partial charge on any atom is -0.314 e. The van der Waals surface area contributed by atoms with Gasteiger partial charge in [0.15, 0.2) is 0 Å². The topological polar surface area (TPSA) is 15.3 Å². The standard InChI is InChI=1S/C14H15BrF6N2/c15-11-6-9(5-10(7-11)14(19,20)21)12(8-13(16,17)18)23-3-1-22-2-4-23/h5-7,12,22H,1-4,8H2/t12-/m1/s1. The van der Waals surface area contributed by atoms with E-state index in [1.165, 1.54) is 6.07 Å². The Kier molecular flexibility index (Phi) is 5.63. The fourth-order valence-electron chi connectivity index (χ4n) is 2.64. The van der Waals surface area contributed by atoms with Crippen molar-refractivity contribution < 1.29 is 26.3 Å². The van der Waals surface area contributed by atoms with Crippen molar-refractivity contribution in [1.82, 2.24) is 10.2 Å². The van der Waals surface area contributed by atoms with Gasteiger partial charge in [-0.05, 0) is 23.8 Å². The highest BCUT2D eigenvalue weighted by atomic mass is 79.9. The molecule has 1 aromatic rings. The molecular weight excluding hydrogens is 390 g/mol. The molecule has 0 aliphatic carbocycles. The molecule has 0 unspecified atom stereocenters. The van der Waals surface area contributed by atoms with Crippen molar-refractivity contribution in [2.75, 3.05) is 26.2 Å². The van der Waals surface area contributed by atoms with Gasteiger partial charge in [-0.3, -0.25) is 4.90 Å². The predicted molar refractivity (Wildman–Crippen MR) is 77.0 cm³/mol. The number of piperazine rings is 1. The first kappa shape index (κ1) is 18.5. The van der Waals surface area contributed by atoms with E-state index in [0.717, 1.165) is 12.1 Å². The quantitative estimate of drug-likeness (QED) is 0.752. The van der Waals surface area contributed by atoms with E-state index in [2.05, 4.69) is 21.2 Å². The van der Waals surface area contributed by atoms with Gasteiger partial charge in [0.25, 0.3) is 0 Å². The number of nitrogens with zero attached hydrogens (tertiary/aromatic N) is 1. The van der Waals surface area contributed by atoms with Gasteiger partial charge in [0, 0.05) is 36.7 Å². The molecule has 2 rings (SSSR count). The van der Waals surface area contributed by atoms with Crippen LogP contribution in [-0.2, 0) is 6.18 Å². The van der Waals surface area contributed by atoms with Crippen LogP contribution < -0.4 is 5.32 Å². The van der Waals surface area contributed by atoms with Crippen LogP contribution in [0.3, 0.4) is 0 Å². The summed E-state index contributed by atoms with van der Waals surface area (Å²) in [6, 6.07) is 1.87. The van der Waals surface area contributed by atoms with Crippen molar-refractivity contribution in [3.05, 3.63) is 33.8 Å². The Morgan fingerprint density at radius 3 is 2.17 bits per heavy atom. The normalized spacial score (nSPS) is 18.9. The first-order valence-electron chi connectivity index (χ1n) is 6.95. The highest BCUT2D eigenvalue weighted by molar-refractivity contribution is 9.10. The lowest BCUT2D eigenvalue weighted by atomic mass is 9.98. The maximum Gasteiger partial charge on any atom is 0.416 e. The second-order valence-corrected chi connectivity index (χ2v) is 6.31.